The lowest BCUT2D eigenvalue weighted by atomic mass is 10.2. The molecule has 4 heteroatoms. The van der Waals surface area contributed by atoms with Crippen molar-refractivity contribution >= 4 is 13.9 Å². The van der Waals surface area contributed by atoms with Crippen molar-refractivity contribution in [2.45, 2.75) is 33.0 Å². The van der Waals surface area contributed by atoms with Crippen molar-refractivity contribution in [1.82, 2.24) is 9.97 Å². The number of hydrogen-bond acceptors (Lipinski definition) is 3. The number of rotatable bonds is 1. The van der Waals surface area contributed by atoms with Crippen LogP contribution < -0.4 is 4.90 Å². The summed E-state index contributed by atoms with van der Waals surface area (Å²) in [5.41, 5.74) is 4.13. The third-order valence-electron chi connectivity index (χ3n) is 2.94. The predicted octanol–water partition coefficient (Wildman–Crippen LogP) is 2.55. The zero-order valence-corrected chi connectivity index (χ0v) is 12.7. The van der Waals surface area contributed by atoms with Crippen molar-refractivity contribution < 1.29 is 0 Å². The van der Waals surface area contributed by atoms with Crippen LogP contribution in [0, 0.1) is 17.4 Å². The molecule has 0 N–H and O–H groups in total. The highest BCUT2D eigenvalue weighted by Gasteiger charge is 2.20. The summed E-state index contributed by atoms with van der Waals surface area (Å²) in [5.74, 6) is 4.90. The number of nitrogens with zero attached hydrogens (tertiary/aromatic N) is 3. The van der Waals surface area contributed by atoms with Gasteiger partial charge in [-0.25, -0.2) is 4.98 Å². The van der Waals surface area contributed by atoms with Gasteiger partial charge in [0.1, 0.15) is 19.6 Å². The van der Waals surface area contributed by atoms with E-state index in [-0.39, 0.29) is 0 Å². The van der Waals surface area contributed by atoms with Crippen LogP contribution in [0.25, 0.3) is 0 Å². The van der Waals surface area contributed by atoms with Gasteiger partial charge in [0.05, 0.1) is 12.4 Å². The molecule has 0 radical (unpaired) electrons. The summed E-state index contributed by atoms with van der Waals surface area (Å²) in [5, 5.41) is 0. The third kappa shape index (κ3) is 3.57. The lowest BCUT2D eigenvalue weighted by molar-refractivity contribution is 0.658. The molecule has 0 aromatic carbocycles. The first-order valence-corrected chi connectivity index (χ1v) is 10.0. The molecule has 2 rings (SSSR count). The Balaban J connectivity index is 2.17. The Morgan fingerprint density at radius 2 is 2.11 bits per heavy atom. The first kappa shape index (κ1) is 13.1. The Bertz CT molecular complexity index is 482. The van der Waals surface area contributed by atoms with E-state index in [4.69, 9.17) is 0 Å². The van der Waals surface area contributed by atoms with Crippen LogP contribution in [0.1, 0.15) is 19.0 Å². The Hall–Kier alpha value is -1.34. The molecule has 0 saturated carbocycles. The Morgan fingerprint density at radius 3 is 2.72 bits per heavy atom. The zero-order valence-electron chi connectivity index (χ0n) is 11.7. The highest BCUT2D eigenvalue weighted by molar-refractivity contribution is 6.83. The van der Waals surface area contributed by atoms with E-state index in [1.807, 2.05) is 6.20 Å². The van der Waals surface area contributed by atoms with E-state index in [2.05, 4.69) is 52.9 Å². The van der Waals surface area contributed by atoms with Crippen LogP contribution in [0.5, 0.6) is 0 Å². The summed E-state index contributed by atoms with van der Waals surface area (Å²) in [6, 6.07) is 0. The first-order valence-electron chi connectivity index (χ1n) is 6.54. The predicted molar refractivity (Wildman–Crippen MR) is 78.3 cm³/mol. The van der Waals surface area contributed by atoms with Crippen LogP contribution in [0.2, 0.25) is 19.6 Å². The van der Waals surface area contributed by atoms with Crippen LogP contribution in [0.15, 0.2) is 12.4 Å². The monoisotopic (exact) mass is 259 g/mol. The maximum absolute atomic E-state index is 4.60. The van der Waals surface area contributed by atoms with Crippen molar-refractivity contribution in [3.8, 4) is 11.5 Å². The molecule has 0 amide bonds. The molecule has 96 valence electrons. The Kier molecular flexibility index (Phi) is 3.72. The molecule has 1 aromatic heterocycles. The lowest BCUT2D eigenvalue weighted by Gasteiger charge is -2.16. The molecule has 3 nitrogen and oxygen atoms in total. The summed E-state index contributed by atoms with van der Waals surface area (Å²) < 4.78 is 0. The van der Waals surface area contributed by atoms with Crippen molar-refractivity contribution in [3.05, 3.63) is 18.1 Å². The van der Waals surface area contributed by atoms with Crippen LogP contribution in [-0.2, 0) is 0 Å². The van der Waals surface area contributed by atoms with E-state index in [9.17, 15) is 0 Å². The average Bonchev–Trinajstić information content (AvgIpc) is 2.73. The molecule has 1 saturated heterocycles. The molecule has 0 aliphatic carbocycles. The Labute approximate surface area is 111 Å². The second kappa shape index (κ2) is 5.11. The summed E-state index contributed by atoms with van der Waals surface area (Å²) in [4.78, 5) is 11.2. The maximum Gasteiger partial charge on any atom is 0.148 e. The smallest absolute Gasteiger partial charge is 0.148 e. The van der Waals surface area contributed by atoms with E-state index >= 15 is 0 Å². The van der Waals surface area contributed by atoms with Gasteiger partial charge >= 0.3 is 0 Å². The van der Waals surface area contributed by atoms with E-state index in [1.54, 1.807) is 6.20 Å². The van der Waals surface area contributed by atoms with Gasteiger partial charge in [-0.3, -0.25) is 4.98 Å². The Morgan fingerprint density at radius 1 is 1.33 bits per heavy atom. The largest absolute Gasteiger partial charge is 0.355 e. The molecule has 0 bridgehead atoms. The topological polar surface area (TPSA) is 29.0 Å². The van der Waals surface area contributed by atoms with E-state index in [1.165, 1.54) is 6.42 Å². The van der Waals surface area contributed by atoms with E-state index in [0.717, 1.165) is 30.5 Å². The molecule has 1 fully saturated rings. The minimum Gasteiger partial charge on any atom is -0.355 e. The second-order valence-electron chi connectivity index (χ2n) is 6.10. The molecular formula is C14H21N3Si. The maximum atomic E-state index is 4.60. The minimum absolute atomic E-state index is 0.753. The first-order chi connectivity index (χ1) is 8.44. The quantitative estimate of drug-likeness (QED) is 0.573. The molecule has 0 spiro atoms. The van der Waals surface area contributed by atoms with E-state index in [0.29, 0.717) is 0 Å². The molecule has 2 heterocycles. The van der Waals surface area contributed by atoms with Gasteiger partial charge in [-0.1, -0.05) is 32.5 Å². The minimum atomic E-state index is -1.34. The van der Waals surface area contributed by atoms with E-state index < -0.39 is 8.07 Å². The van der Waals surface area contributed by atoms with Gasteiger partial charge in [0, 0.05) is 13.1 Å². The normalized spacial score (nSPS) is 19.6. The second-order valence-corrected chi connectivity index (χ2v) is 10.9. The van der Waals surface area contributed by atoms with Gasteiger partial charge in [0.15, 0.2) is 0 Å². The number of aromatic nitrogens is 2. The molecule has 1 aromatic rings. The lowest BCUT2D eigenvalue weighted by Crippen LogP contribution is -2.20. The van der Waals surface area contributed by atoms with Crippen molar-refractivity contribution in [1.29, 1.82) is 0 Å². The third-order valence-corrected chi connectivity index (χ3v) is 3.81. The number of hydrogen-bond donors (Lipinski definition) is 0. The molecule has 1 aliphatic rings. The molecule has 18 heavy (non-hydrogen) atoms. The van der Waals surface area contributed by atoms with Crippen LogP contribution in [0.4, 0.5) is 5.82 Å². The van der Waals surface area contributed by atoms with Crippen LogP contribution in [0.3, 0.4) is 0 Å². The van der Waals surface area contributed by atoms with Crippen molar-refractivity contribution in [2.75, 3.05) is 18.0 Å². The van der Waals surface area contributed by atoms with Crippen molar-refractivity contribution in [2.24, 2.45) is 5.92 Å². The van der Waals surface area contributed by atoms with Crippen LogP contribution >= 0.6 is 0 Å². The van der Waals surface area contributed by atoms with Crippen molar-refractivity contribution in [3.63, 3.8) is 0 Å². The fourth-order valence-electron chi connectivity index (χ4n) is 1.96. The van der Waals surface area contributed by atoms with Gasteiger partial charge in [-0.2, -0.15) is 0 Å². The fourth-order valence-corrected chi connectivity index (χ4v) is 2.47. The summed E-state index contributed by atoms with van der Waals surface area (Å²) >= 11 is 0. The average molecular weight is 259 g/mol. The number of anilines is 1. The molecule has 1 atom stereocenters. The molecule has 1 aliphatic heterocycles. The summed E-state index contributed by atoms with van der Waals surface area (Å²) in [6.45, 7) is 11.2. The molecule has 0 unspecified atom stereocenters. The van der Waals surface area contributed by atoms with Gasteiger partial charge in [-0.15, -0.1) is 5.54 Å². The standard InChI is InChI=1S/C14H21N3Si/c1-12-5-7-17(11-12)14-10-15-9-13(16-14)6-8-18(2,3)4/h9-10,12H,5,7,11H2,1-4H3/t12-/m1/s1. The SMILES string of the molecule is C[C@@H]1CCN(c2cncc(C#C[Si](C)(C)C)n2)C1. The molecular weight excluding hydrogens is 238 g/mol. The van der Waals surface area contributed by atoms with Gasteiger partial charge < -0.3 is 4.90 Å². The zero-order chi connectivity index (χ0) is 13.2. The highest BCUT2D eigenvalue weighted by Crippen LogP contribution is 2.20. The fraction of sp³-hybridized carbons (Fsp3) is 0.571. The highest BCUT2D eigenvalue weighted by atomic mass is 28.3. The summed E-state index contributed by atoms with van der Waals surface area (Å²) in [6.07, 6.45) is 4.85. The summed E-state index contributed by atoms with van der Waals surface area (Å²) in [7, 11) is -1.34. The van der Waals surface area contributed by atoms with Gasteiger partial charge in [-0.05, 0) is 12.3 Å². The van der Waals surface area contributed by atoms with Gasteiger partial charge in [0.2, 0.25) is 0 Å². The van der Waals surface area contributed by atoms with Gasteiger partial charge in [0.25, 0.3) is 0 Å². The van der Waals surface area contributed by atoms with Crippen LogP contribution in [-0.4, -0.2) is 31.1 Å².